The molecule has 1 rings (SSSR count). The zero-order valence-corrected chi connectivity index (χ0v) is 8.34. The molecule has 0 aromatic carbocycles. The maximum atomic E-state index is 9.89. The highest BCUT2D eigenvalue weighted by atomic mass is 16.3. The van der Waals surface area contributed by atoms with E-state index in [0.717, 1.165) is 19.3 Å². The summed E-state index contributed by atoms with van der Waals surface area (Å²) in [6.07, 6.45) is 10.1. The molecule has 2 nitrogen and oxygen atoms in total. The fraction of sp³-hybridized carbons (Fsp3) is 0.818. The Bertz CT molecular complexity index is 189. The molecule has 0 saturated heterocycles. The summed E-state index contributed by atoms with van der Waals surface area (Å²) in [4.78, 5) is 0. The highest BCUT2D eigenvalue weighted by Crippen LogP contribution is 2.20. The molecule has 1 aliphatic carbocycles. The van der Waals surface area contributed by atoms with Crippen molar-refractivity contribution in [2.45, 2.75) is 50.7 Å². The van der Waals surface area contributed by atoms with Gasteiger partial charge in [-0.05, 0) is 32.6 Å². The number of hydrogen-bond donors (Lipinski definition) is 2. The topological polar surface area (TPSA) is 32.3 Å². The van der Waals surface area contributed by atoms with Crippen LogP contribution in [0, 0.1) is 12.3 Å². The van der Waals surface area contributed by atoms with Crippen molar-refractivity contribution in [3.8, 4) is 12.3 Å². The van der Waals surface area contributed by atoms with Crippen molar-refractivity contribution in [1.29, 1.82) is 0 Å². The van der Waals surface area contributed by atoms with Gasteiger partial charge in [0.15, 0.2) is 0 Å². The molecule has 0 aliphatic heterocycles. The molecule has 0 amide bonds. The third-order valence-corrected chi connectivity index (χ3v) is 2.39. The van der Waals surface area contributed by atoms with Gasteiger partial charge in [-0.3, -0.25) is 0 Å². The van der Waals surface area contributed by atoms with Crippen molar-refractivity contribution in [3.63, 3.8) is 0 Å². The molecule has 0 aromatic rings. The van der Waals surface area contributed by atoms with E-state index < -0.39 is 5.60 Å². The van der Waals surface area contributed by atoms with Crippen LogP contribution >= 0.6 is 0 Å². The Labute approximate surface area is 80.7 Å². The Kier molecular flexibility index (Phi) is 3.77. The van der Waals surface area contributed by atoms with Crippen LogP contribution in [-0.4, -0.2) is 23.3 Å². The first-order chi connectivity index (χ1) is 6.14. The van der Waals surface area contributed by atoms with Gasteiger partial charge >= 0.3 is 0 Å². The Morgan fingerprint density at radius 3 is 2.85 bits per heavy atom. The van der Waals surface area contributed by atoms with Crippen LogP contribution < -0.4 is 5.32 Å². The largest absolute Gasteiger partial charge is 0.389 e. The van der Waals surface area contributed by atoms with Gasteiger partial charge in [0.25, 0.3) is 0 Å². The zero-order valence-electron chi connectivity index (χ0n) is 8.34. The van der Waals surface area contributed by atoms with Crippen molar-refractivity contribution in [3.05, 3.63) is 0 Å². The fourth-order valence-electron chi connectivity index (χ4n) is 1.31. The molecule has 0 heterocycles. The maximum absolute atomic E-state index is 9.89. The molecule has 1 aliphatic rings. The summed E-state index contributed by atoms with van der Waals surface area (Å²) < 4.78 is 0. The van der Waals surface area contributed by atoms with Crippen molar-refractivity contribution >= 4 is 0 Å². The molecule has 2 heteroatoms. The highest BCUT2D eigenvalue weighted by Gasteiger charge is 2.25. The van der Waals surface area contributed by atoms with Crippen LogP contribution in [0.25, 0.3) is 0 Å². The summed E-state index contributed by atoms with van der Waals surface area (Å²) in [6, 6.07) is 0.666. The fourth-order valence-corrected chi connectivity index (χ4v) is 1.31. The number of aliphatic hydroxyl groups is 1. The Morgan fingerprint density at radius 1 is 1.62 bits per heavy atom. The van der Waals surface area contributed by atoms with Crippen LogP contribution in [0.3, 0.4) is 0 Å². The van der Waals surface area contributed by atoms with E-state index >= 15 is 0 Å². The smallest absolute Gasteiger partial charge is 0.0744 e. The standard InChI is InChI=1S/C11H19NO/c1-3-4-5-8-11(2,13)9-12-10-6-7-10/h1,10,12-13H,4-9H2,2H3. The van der Waals surface area contributed by atoms with E-state index in [9.17, 15) is 5.11 Å². The van der Waals surface area contributed by atoms with E-state index in [2.05, 4.69) is 11.2 Å². The zero-order chi connectivity index (χ0) is 9.73. The van der Waals surface area contributed by atoms with Crippen LogP contribution in [0.2, 0.25) is 0 Å². The Hall–Kier alpha value is -0.520. The quantitative estimate of drug-likeness (QED) is 0.478. The van der Waals surface area contributed by atoms with Gasteiger partial charge in [0.2, 0.25) is 0 Å². The minimum atomic E-state index is -0.584. The van der Waals surface area contributed by atoms with Gasteiger partial charge in [0.05, 0.1) is 5.60 Å². The molecule has 1 fully saturated rings. The van der Waals surface area contributed by atoms with Crippen LogP contribution in [0.4, 0.5) is 0 Å². The average Bonchev–Trinajstić information content (AvgIpc) is 2.84. The second-order valence-corrected chi connectivity index (χ2v) is 4.21. The summed E-state index contributed by atoms with van der Waals surface area (Å²) >= 11 is 0. The molecule has 0 bridgehead atoms. The van der Waals surface area contributed by atoms with Crippen LogP contribution in [-0.2, 0) is 0 Å². The van der Waals surface area contributed by atoms with E-state index in [1.165, 1.54) is 12.8 Å². The van der Waals surface area contributed by atoms with Crippen molar-refractivity contribution in [1.82, 2.24) is 5.32 Å². The van der Waals surface area contributed by atoms with Gasteiger partial charge in [-0.2, -0.15) is 0 Å². The molecule has 0 aromatic heterocycles. The third-order valence-electron chi connectivity index (χ3n) is 2.39. The summed E-state index contributed by atoms with van der Waals surface area (Å²) in [5.74, 6) is 2.59. The normalized spacial score (nSPS) is 20.7. The maximum Gasteiger partial charge on any atom is 0.0744 e. The van der Waals surface area contributed by atoms with Gasteiger partial charge < -0.3 is 10.4 Å². The molecule has 1 unspecified atom stereocenters. The van der Waals surface area contributed by atoms with E-state index in [4.69, 9.17) is 6.42 Å². The second-order valence-electron chi connectivity index (χ2n) is 4.21. The molecule has 74 valence electrons. The summed E-state index contributed by atoms with van der Waals surface area (Å²) in [5, 5.41) is 13.2. The van der Waals surface area contributed by atoms with Gasteiger partial charge in [0.1, 0.15) is 0 Å². The van der Waals surface area contributed by atoms with Crippen molar-refractivity contribution < 1.29 is 5.11 Å². The lowest BCUT2D eigenvalue weighted by molar-refractivity contribution is 0.0488. The van der Waals surface area contributed by atoms with Gasteiger partial charge in [0, 0.05) is 19.0 Å². The van der Waals surface area contributed by atoms with Crippen LogP contribution in [0.5, 0.6) is 0 Å². The molecular formula is C11H19NO. The summed E-state index contributed by atoms with van der Waals surface area (Å²) in [6.45, 7) is 2.57. The average molecular weight is 181 g/mol. The predicted molar refractivity (Wildman–Crippen MR) is 54.3 cm³/mol. The van der Waals surface area contributed by atoms with E-state index in [1.54, 1.807) is 0 Å². The molecule has 0 spiro atoms. The molecule has 13 heavy (non-hydrogen) atoms. The van der Waals surface area contributed by atoms with Gasteiger partial charge in [-0.25, -0.2) is 0 Å². The number of hydrogen-bond acceptors (Lipinski definition) is 2. The Morgan fingerprint density at radius 2 is 2.31 bits per heavy atom. The lowest BCUT2D eigenvalue weighted by atomic mass is 9.99. The molecule has 1 saturated carbocycles. The highest BCUT2D eigenvalue weighted by molar-refractivity contribution is 4.88. The minimum Gasteiger partial charge on any atom is -0.389 e. The molecule has 1 atom stereocenters. The van der Waals surface area contributed by atoms with E-state index in [-0.39, 0.29) is 0 Å². The molecular weight excluding hydrogens is 162 g/mol. The first kappa shape index (κ1) is 10.6. The van der Waals surface area contributed by atoms with Gasteiger partial charge in [-0.1, -0.05) is 0 Å². The monoisotopic (exact) mass is 181 g/mol. The number of nitrogens with one attached hydrogen (secondary N) is 1. The minimum absolute atomic E-state index is 0.584. The first-order valence-corrected chi connectivity index (χ1v) is 5.03. The Balaban J connectivity index is 2.08. The van der Waals surface area contributed by atoms with Crippen molar-refractivity contribution in [2.75, 3.05) is 6.54 Å². The lowest BCUT2D eigenvalue weighted by Gasteiger charge is -2.23. The van der Waals surface area contributed by atoms with E-state index in [1.807, 2.05) is 6.92 Å². The number of unbranched alkanes of at least 4 members (excludes halogenated alkanes) is 1. The predicted octanol–water partition coefficient (Wildman–Crippen LogP) is 1.29. The SMILES string of the molecule is C#CCCCC(C)(O)CNC1CC1. The molecule has 2 N–H and O–H groups in total. The summed E-state index contributed by atoms with van der Waals surface area (Å²) in [7, 11) is 0. The van der Waals surface area contributed by atoms with Gasteiger partial charge in [-0.15, -0.1) is 12.3 Å². The van der Waals surface area contributed by atoms with Crippen LogP contribution in [0.1, 0.15) is 39.0 Å². The second kappa shape index (κ2) is 4.64. The third kappa shape index (κ3) is 4.92. The number of terminal acetylenes is 1. The first-order valence-electron chi connectivity index (χ1n) is 5.03. The van der Waals surface area contributed by atoms with E-state index in [0.29, 0.717) is 12.6 Å². The van der Waals surface area contributed by atoms with Crippen molar-refractivity contribution in [2.24, 2.45) is 0 Å². The number of rotatable bonds is 6. The lowest BCUT2D eigenvalue weighted by Crippen LogP contribution is -2.38. The summed E-state index contributed by atoms with van der Waals surface area (Å²) in [5.41, 5.74) is -0.584. The van der Waals surface area contributed by atoms with Crippen LogP contribution in [0.15, 0.2) is 0 Å². The molecule has 0 radical (unpaired) electrons.